The van der Waals surface area contributed by atoms with Gasteiger partial charge in [-0.3, -0.25) is 0 Å². The van der Waals surface area contributed by atoms with Gasteiger partial charge in [-0.05, 0) is 43.3 Å². The van der Waals surface area contributed by atoms with Crippen LogP contribution in [0, 0.1) is 5.92 Å². The van der Waals surface area contributed by atoms with Crippen LogP contribution in [0.3, 0.4) is 0 Å². The lowest BCUT2D eigenvalue weighted by Gasteiger charge is -2.03. The lowest BCUT2D eigenvalue weighted by atomic mass is 10.1. The molecule has 0 saturated heterocycles. The van der Waals surface area contributed by atoms with Crippen LogP contribution in [-0.4, -0.2) is 13.1 Å². The second-order valence-corrected chi connectivity index (χ2v) is 4.57. The van der Waals surface area contributed by atoms with Crippen LogP contribution in [0.1, 0.15) is 37.7 Å². The maximum atomic E-state index is 3.55. The summed E-state index contributed by atoms with van der Waals surface area (Å²) in [7, 11) is 0. The Bertz CT molecular complexity index is 281. The molecule has 1 heteroatoms. The zero-order valence-electron chi connectivity index (χ0n) is 9.58. The fraction of sp³-hybridized carbons (Fsp3) is 0.571. The van der Waals surface area contributed by atoms with Gasteiger partial charge >= 0.3 is 0 Å². The summed E-state index contributed by atoms with van der Waals surface area (Å²) in [6, 6.07) is 10.9. The van der Waals surface area contributed by atoms with Crippen molar-refractivity contribution in [2.75, 3.05) is 13.1 Å². The Hall–Kier alpha value is -0.820. The van der Waals surface area contributed by atoms with Crippen molar-refractivity contribution in [1.29, 1.82) is 0 Å². The summed E-state index contributed by atoms with van der Waals surface area (Å²) in [5, 5.41) is 3.55. The first-order valence-electron chi connectivity index (χ1n) is 6.17. The van der Waals surface area contributed by atoms with Crippen molar-refractivity contribution in [3.05, 3.63) is 35.9 Å². The third-order valence-corrected chi connectivity index (χ3v) is 3.26. The highest BCUT2D eigenvalue weighted by Crippen LogP contribution is 2.46. The number of nitrogens with one attached hydrogen (secondary N) is 1. The molecule has 1 aliphatic carbocycles. The number of hydrogen-bond acceptors (Lipinski definition) is 1. The average molecular weight is 203 g/mol. The highest BCUT2D eigenvalue weighted by molar-refractivity contribution is 5.25. The molecule has 1 aromatic carbocycles. The monoisotopic (exact) mass is 203 g/mol. The zero-order valence-corrected chi connectivity index (χ0v) is 9.58. The molecule has 1 N–H and O–H groups in total. The van der Waals surface area contributed by atoms with Gasteiger partial charge in [0, 0.05) is 0 Å². The van der Waals surface area contributed by atoms with E-state index in [1.807, 2.05) is 0 Å². The van der Waals surface area contributed by atoms with Gasteiger partial charge in [-0.1, -0.05) is 43.7 Å². The molecule has 0 bridgehead atoms. The molecule has 1 aliphatic rings. The zero-order chi connectivity index (χ0) is 10.5. The molecular formula is C14H21N. The van der Waals surface area contributed by atoms with Crippen LogP contribution in [0.15, 0.2) is 30.3 Å². The molecule has 0 radical (unpaired) electrons. The number of rotatable bonds is 6. The smallest absolute Gasteiger partial charge is 0.00144 e. The van der Waals surface area contributed by atoms with Crippen molar-refractivity contribution >= 4 is 0 Å². The second-order valence-electron chi connectivity index (χ2n) is 4.57. The van der Waals surface area contributed by atoms with Crippen LogP contribution >= 0.6 is 0 Å². The minimum Gasteiger partial charge on any atom is -0.316 e. The Labute approximate surface area is 92.9 Å². The summed E-state index contributed by atoms with van der Waals surface area (Å²) < 4.78 is 0. The molecule has 1 nitrogen and oxygen atoms in total. The van der Waals surface area contributed by atoms with Gasteiger partial charge in [0.25, 0.3) is 0 Å². The summed E-state index contributed by atoms with van der Waals surface area (Å²) >= 11 is 0. The molecule has 2 rings (SSSR count). The van der Waals surface area contributed by atoms with E-state index in [1.165, 1.54) is 37.9 Å². The molecule has 0 aliphatic heterocycles. The third kappa shape index (κ3) is 3.07. The lowest BCUT2D eigenvalue weighted by Crippen LogP contribution is -2.18. The Morgan fingerprint density at radius 2 is 2.07 bits per heavy atom. The van der Waals surface area contributed by atoms with Crippen LogP contribution in [-0.2, 0) is 0 Å². The second kappa shape index (κ2) is 5.32. The van der Waals surface area contributed by atoms with Crippen molar-refractivity contribution < 1.29 is 0 Å². The summed E-state index contributed by atoms with van der Waals surface area (Å²) in [5.74, 6) is 1.73. The summed E-state index contributed by atoms with van der Waals surface area (Å²) in [4.78, 5) is 0. The first-order chi connectivity index (χ1) is 7.42. The summed E-state index contributed by atoms with van der Waals surface area (Å²) in [5.41, 5.74) is 1.53. The molecule has 1 aromatic rings. The Balaban J connectivity index is 1.68. The normalized spacial score (nSPS) is 24.1. The van der Waals surface area contributed by atoms with Gasteiger partial charge in [0.2, 0.25) is 0 Å². The van der Waals surface area contributed by atoms with E-state index >= 15 is 0 Å². The largest absolute Gasteiger partial charge is 0.316 e. The highest BCUT2D eigenvalue weighted by atomic mass is 14.9. The van der Waals surface area contributed by atoms with Gasteiger partial charge in [-0.15, -0.1) is 0 Å². The number of benzene rings is 1. The molecule has 0 spiro atoms. The highest BCUT2D eigenvalue weighted by Gasteiger charge is 2.37. The molecule has 2 unspecified atom stereocenters. The minimum absolute atomic E-state index is 0.834. The average Bonchev–Trinajstić information content (AvgIpc) is 3.05. The van der Waals surface area contributed by atoms with Crippen molar-refractivity contribution in [3.8, 4) is 0 Å². The fourth-order valence-corrected chi connectivity index (χ4v) is 2.17. The van der Waals surface area contributed by atoms with Gasteiger partial charge in [-0.2, -0.15) is 0 Å². The van der Waals surface area contributed by atoms with E-state index in [1.54, 1.807) is 0 Å². The molecule has 1 saturated carbocycles. The van der Waals surface area contributed by atoms with Gasteiger partial charge < -0.3 is 5.32 Å². The van der Waals surface area contributed by atoms with Crippen molar-refractivity contribution in [2.24, 2.45) is 5.92 Å². The van der Waals surface area contributed by atoms with Crippen LogP contribution in [0.5, 0.6) is 0 Å². The van der Waals surface area contributed by atoms with Crippen LogP contribution < -0.4 is 5.32 Å². The maximum Gasteiger partial charge on any atom is -0.00144 e. The topological polar surface area (TPSA) is 12.0 Å². The van der Waals surface area contributed by atoms with Crippen molar-refractivity contribution in [1.82, 2.24) is 5.32 Å². The van der Waals surface area contributed by atoms with E-state index in [-0.39, 0.29) is 0 Å². The number of unbranched alkanes of at least 4 members (excludes halogenated alkanes) is 1. The van der Waals surface area contributed by atoms with E-state index in [0.717, 1.165) is 11.8 Å². The molecular weight excluding hydrogens is 182 g/mol. The molecule has 2 atom stereocenters. The third-order valence-electron chi connectivity index (χ3n) is 3.26. The molecule has 0 amide bonds. The Kier molecular flexibility index (Phi) is 3.79. The molecule has 15 heavy (non-hydrogen) atoms. The first kappa shape index (κ1) is 10.7. The van der Waals surface area contributed by atoms with Gasteiger partial charge in [-0.25, -0.2) is 0 Å². The minimum atomic E-state index is 0.834. The summed E-state index contributed by atoms with van der Waals surface area (Å²) in [6.45, 7) is 4.64. The lowest BCUT2D eigenvalue weighted by molar-refractivity contribution is 0.600. The maximum absolute atomic E-state index is 3.55. The Morgan fingerprint density at radius 3 is 2.80 bits per heavy atom. The van der Waals surface area contributed by atoms with E-state index in [4.69, 9.17) is 0 Å². The van der Waals surface area contributed by atoms with Crippen molar-refractivity contribution in [2.45, 2.75) is 32.1 Å². The van der Waals surface area contributed by atoms with Crippen LogP contribution in [0.2, 0.25) is 0 Å². The summed E-state index contributed by atoms with van der Waals surface area (Å²) in [6.07, 6.45) is 3.98. The van der Waals surface area contributed by atoms with Gasteiger partial charge in [0.05, 0.1) is 0 Å². The predicted octanol–water partition coefficient (Wildman–Crippen LogP) is 3.18. The molecule has 0 heterocycles. The van der Waals surface area contributed by atoms with E-state index in [2.05, 4.69) is 42.6 Å². The van der Waals surface area contributed by atoms with Crippen LogP contribution in [0.4, 0.5) is 0 Å². The van der Waals surface area contributed by atoms with Crippen molar-refractivity contribution in [3.63, 3.8) is 0 Å². The first-order valence-corrected chi connectivity index (χ1v) is 6.17. The van der Waals surface area contributed by atoms with E-state index in [9.17, 15) is 0 Å². The molecule has 82 valence electrons. The van der Waals surface area contributed by atoms with E-state index < -0.39 is 0 Å². The fourth-order valence-electron chi connectivity index (χ4n) is 2.17. The van der Waals surface area contributed by atoms with Gasteiger partial charge in [0.1, 0.15) is 0 Å². The van der Waals surface area contributed by atoms with E-state index in [0.29, 0.717) is 0 Å². The predicted molar refractivity (Wildman–Crippen MR) is 65.1 cm³/mol. The standard InChI is InChI=1S/C14H21N/c1-2-3-9-15-11-13-10-14(13)12-7-5-4-6-8-12/h4-8,13-15H,2-3,9-11H2,1H3. The van der Waals surface area contributed by atoms with Gasteiger partial charge in [0.15, 0.2) is 0 Å². The Morgan fingerprint density at radius 1 is 1.27 bits per heavy atom. The number of hydrogen-bond donors (Lipinski definition) is 1. The SMILES string of the molecule is CCCCNCC1CC1c1ccccc1. The quantitative estimate of drug-likeness (QED) is 0.700. The van der Waals surface area contributed by atoms with Crippen LogP contribution in [0.25, 0.3) is 0 Å². The molecule has 0 aromatic heterocycles. The molecule has 1 fully saturated rings.